The van der Waals surface area contributed by atoms with Crippen LogP contribution in [0.1, 0.15) is 19.3 Å². The molecule has 46 valence electrons. The minimum absolute atomic E-state index is 0.145. The molecule has 2 fully saturated rings. The molecular formula is C6H10O2. The van der Waals surface area contributed by atoms with Crippen molar-refractivity contribution in [1.29, 1.82) is 0 Å². The lowest BCUT2D eigenvalue weighted by Gasteiger charge is -2.10. The average molecular weight is 114 g/mol. The minimum atomic E-state index is -0.145. The summed E-state index contributed by atoms with van der Waals surface area (Å²) in [4.78, 5) is 0. The van der Waals surface area contributed by atoms with Gasteiger partial charge < -0.3 is 9.84 Å². The summed E-state index contributed by atoms with van der Waals surface area (Å²) in [7, 11) is 0. The molecule has 0 radical (unpaired) electrons. The smallest absolute Gasteiger partial charge is 0.110 e. The van der Waals surface area contributed by atoms with Crippen LogP contribution < -0.4 is 0 Å². The third kappa shape index (κ3) is 0.565. The summed E-state index contributed by atoms with van der Waals surface area (Å²) in [6.07, 6.45) is 3.77. The second kappa shape index (κ2) is 1.45. The van der Waals surface area contributed by atoms with Crippen molar-refractivity contribution >= 4 is 0 Å². The van der Waals surface area contributed by atoms with Gasteiger partial charge in [-0.05, 0) is 19.3 Å². The highest BCUT2D eigenvalue weighted by atomic mass is 16.6. The van der Waals surface area contributed by atoms with Crippen molar-refractivity contribution in [3.63, 3.8) is 0 Å². The molecule has 2 rings (SSSR count). The first kappa shape index (κ1) is 4.77. The SMILES string of the molecule is O[C@@H]1CCC[C@H]2O[C@H]12. The zero-order chi connectivity index (χ0) is 5.56. The van der Waals surface area contributed by atoms with Gasteiger partial charge in [-0.1, -0.05) is 0 Å². The maximum atomic E-state index is 9.09. The first-order chi connectivity index (χ1) is 3.88. The van der Waals surface area contributed by atoms with Gasteiger partial charge in [0.05, 0.1) is 12.2 Å². The minimum Gasteiger partial charge on any atom is -0.390 e. The van der Waals surface area contributed by atoms with Crippen molar-refractivity contribution in [2.45, 2.75) is 37.6 Å². The molecule has 0 aromatic rings. The van der Waals surface area contributed by atoms with Crippen molar-refractivity contribution in [3.05, 3.63) is 0 Å². The molecule has 1 N–H and O–H groups in total. The van der Waals surface area contributed by atoms with E-state index in [4.69, 9.17) is 9.84 Å². The van der Waals surface area contributed by atoms with Gasteiger partial charge >= 0.3 is 0 Å². The van der Waals surface area contributed by atoms with Gasteiger partial charge in [-0.2, -0.15) is 0 Å². The summed E-state index contributed by atoms with van der Waals surface area (Å²) in [5.41, 5.74) is 0. The zero-order valence-corrected chi connectivity index (χ0v) is 4.71. The predicted molar refractivity (Wildman–Crippen MR) is 28.5 cm³/mol. The van der Waals surface area contributed by atoms with Crippen LogP contribution in [0.4, 0.5) is 0 Å². The van der Waals surface area contributed by atoms with E-state index in [-0.39, 0.29) is 12.2 Å². The lowest BCUT2D eigenvalue weighted by molar-refractivity contribution is 0.124. The summed E-state index contributed by atoms with van der Waals surface area (Å²) in [6.45, 7) is 0. The van der Waals surface area contributed by atoms with Gasteiger partial charge in [-0.3, -0.25) is 0 Å². The van der Waals surface area contributed by atoms with Crippen LogP contribution in [-0.4, -0.2) is 23.4 Å². The molecule has 0 spiro atoms. The molecule has 2 heteroatoms. The van der Waals surface area contributed by atoms with Crippen molar-refractivity contribution in [3.8, 4) is 0 Å². The van der Waals surface area contributed by atoms with E-state index in [1.807, 2.05) is 0 Å². The van der Waals surface area contributed by atoms with Gasteiger partial charge in [0.1, 0.15) is 6.10 Å². The van der Waals surface area contributed by atoms with Crippen molar-refractivity contribution in [1.82, 2.24) is 0 Å². The summed E-state index contributed by atoms with van der Waals surface area (Å²) in [5.74, 6) is 0. The van der Waals surface area contributed by atoms with Gasteiger partial charge in [0.15, 0.2) is 0 Å². The largest absolute Gasteiger partial charge is 0.390 e. The highest BCUT2D eigenvalue weighted by Gasteiger charge is 2.46. The number of rotatable bonds is 0. The molecule has 1 aliphatic carbocycles. The van der Waals surface area contributed by atoms with E-state index in [1.54, 1.807) is 0 Å². The fourth-order valence-corrected chi connectivity index (χ4v) is 1.42. The molecule has 1 heterocycles. The second-order valence-corrected chi connectivity index (χ2v) is 2.64. The Kier molecular flexibility index (Phi) is 0.866. The molecule has 8 heavy (non-hydrogen) atoms. The fourth-order valence-electron chi connectivity index (χ4n) is 1.42. The van der Waals surface area contributed by atoms with Gasteiger partial charge in [0.2, 0.25) is 0 Å². The van der Waals surface area contributed by atoms with Crippen LogP contribution in [0.15, 0.2) is 0 Å². The third-order valence-electron chi connectivity index (χ3n) is 1.99. The van der Waals surface area contributed by atoms with E-state index >= 15 is 0 Å². The standard InChI is InChI=1S/C6H10O2/c7-4-2-1-3-5-6(4)8-5/h4-7H,1-3H2/t4-,5-,6-/m1/s1. The molecular weight excluding hydrogens is 104 g/mol. The molecule has 1 saturated carbocycles. The van der Waals surface area contributed by atoms with Gasteiger partial charge in [0.25, 0.3) is 0 Å². The maximum Gasteiger partial charge on any atom is 0.110 e. The normalized spacial score (nSPS) is 52.9. The first-order valence-corrected chi connectivity index (χ1v) is 3.21. The molecule has 1 aliphatic heterocycles. The van der Waals surface area contributed by atoms with E-state index in [0.717, 1.165) is 12.8 Å². The Hall–Kier alpha value is -0.0800. The summed E-state index contributed by atoms with van der Waals surface area (Å²) >= 11 is 0. The Balaban J connectivity index is 1.99. The van der Waals surface area contributed by atoms with Gasteiger partial charge in [0, 0.05) is 0 Å². The van der Waals surface area contributed by atoms with Crippen LogP contribution in [0.5, 0.6) is 0 Å². The first-order valence-electron chi connectivity index (χ1n) is 3.21. The molecule has 0 amide bonds. The predicted octanol–water partition coefficient (Wildman–Crippen LogP) is 0.299. The molecule has 0 aromatic heterocycles. The molecule has 1 saturated heterocycles. The van der Waals surface area contributed by atoms with Crippen LogP contribution in [-0.2, 0) is 4.74 Å². The molecule has 2 aliphatic rings. The Morgan fingerprint density at radius 1 is 1.38 bits per heavy atom. The monoisotopic (exact) mass is 114 g/mol. The lowest BCUT2D eigenvalue weighted by Crippen LogP contribution is -2.20. The summed E-state index contributed by atoms with van der Waals surface area (Å²) in [5, 5.41) is 9.09. The fraction of sp³-hybridized carbons (Fsp3) is 1.00. The number of ether oxygens (including phenoxy) is 1. The topological polar surface area (TPSA) is 32.8 Å². The van der Waals surface area contributed by atoms with Crippen molar-refractivity contribution in [2.24, 2.45) is 0 Å². The van der Waals surface area contributed by atoms with E-state index in [9.17, 15) is 0 Å². The van der Waals surface area contributed by atoms with Crippen LogP contribution in [0.3, 0.4) is 0 Å². The van der Waals surface area contributed by atoms with E-state index < -0.39 is 0 Å². The van der Waals surface area contributed by atoms with Crippen molar-refractivity contribution < 1.29 is 9.84 Å². The van der Waals surface area contributed by atoms with Crippen LogP contribution in [0.2, 0.25) is 0 Å². The Morgan fingerprint density at radius 2 is 2.25 bits per heavy atom. The third-order valence-corrected chi connectivity index (χ3v) is 1.99. The summed E-state index contributed by atoms with van der Waals surface area (Å²) < 4.78 is 5.14. The summed E-state index contributed by atoms with van der Waals surface area (Å²) in [6, 6.07) is 0. The molecule has 3 atom stereocenters. The zero-order valence-electron chi connectivity index (χ0n) is 4.71. The number of aliphatic hydroxyl groups is 1. The van der Waals surface area contributed by atoms with Gasteiger partial charge in [-0.25, -0.2) is 0 Å². The van der Waals surface area contributed by atoms with E-state index in [2.05, 4.69) is 0 Å². The quantitative estimate of drug-likeness (QED) is 0.459. The lowest BCUT2D eigenvalue weighted by atomic mass is 9.98. The number of aliphatic hydroxyl groups excluding tert-OH is 1. The molecule has 2 nitrogen and oxygen atoms in total. The molecule has 0 aromatic carbocycles. The second-order valence-electron chi connectivity index (χ2n) is 2.64. The number of hydrogen-bond donors (Lipinski definition) is 1. The van der Waals surface area contributed by atoms with Crippen LogP contribution in [0, 0.1) is 0 Å². The van der Waals surface area contributed by atoms with Crippen LogP contribution in [0.25, 0.3) is 0 Å². The van der Waals surface area contributed by atoms with Crippen molar-refractivity contribution in [2.75, 3.05) is 0 Å². The van der Waals surface area contributed by atoms with E-state index in [0.29, 0.717) is 6.10 Å². The van der Waals surface area contributed by atoms with E-state index in [1.165, 1.54) is 6.42 Å². The Morgan fingerprint density at radius 3 is 2.88 bits per heavy atom. The number of epoxide rings is 1. The molecule has 0 unspecified atom stereocenters. The Bertz CT molecular complexity index is 103. The Labute approximate surface area is 48.5 Å². The van der Waals surface area contributed by atoms with Crippen LogP contribution >= 0.6 is 0 Å². The highest BCUT2D eigenvalue weighted by molar-refractivity contribution is 4.94. The number of hydrogen-bond acceptors (Lipinski definition) is 2. The van der Waals surface area contributed by atoms with Gasteiger partial charge in [-0.15, -0.1) is 0 Å². The maximum absolute atomic E-state index is 9.09. The number of fused-ring (bicyclic) bond motifs is 1. The molecule has 0 bridgehead atoms. The average Bonchev–Trinajstić information content (AvgIpc) is 2.45. The highest BCUT2D eigenvalue weighted by Crippen LogP contribution is 2.36.